The predicted molar refractivity (Wildman–Crippen MR) is 82.1 cm³/mol. The van der Waals surface area contributed by atoms with E-state index < -0.39 is 11.4 Å². The summed E-state index contributed by atoms with van der Waals surface area (Å²) in [5, 5.41) is 12.3. The number of piperidine rings is 1. The molecule has 1 rings (SSSR count). The van der Waals surface area contributed by atoms with Gasteiger partial charge in [0.15, 0.2) is 0 Å². The number of carboxylic acids is 1. The topological polar surface area (TPSA) is 69.6 Å². The Kier molecular flexibility index (Phi) is 6.65. The van der Waals surface area contributed by atoms with Gasteiger partial charge < -0.3 is 15.3 Å². The molecule has 116 valence electrons. The summed E-state index contributed by atoms with van der Waals surface area (Å²) in [6, 6.07) is -0.128. The number of carboxylic acid groups (broad SMARTS) is 1. The zero-order valence-corrected chi connectivity index (χ0v) is 13.5. The van der Waals surface area contributed by atoms with Crippen molar-refractivity contribution in [3.8, 4) is 0 Å². The van der Waals surface area contributed by atoms with Gasteiger partial charge in [0.1, 0.15) is 0 Å². The smallest absolute Gasteiger partial charge is 0.317 e. The fraction of sp³-hybridized carbons (Fsp3) is 0.857. The van der Waals surface area contributed by atoms with Crippen LogP contribution in [0, 0.1) is 11.3 Å². The van der Waals surface area contributed by atoms with Crippen molar-refractivity contribution in [2.75, 3.05) is 31.6 Å². The van der Waals surface area contributed by atoms with Crippen LogP contribution < -0.4 is 5.32 Å². The highest BCUT2D eigenvalue weighted by Gasteiger charge is 2.42. The van der Waals surface area contributed by atoms with Crippen molar-refractivity contribution in [2.24, 2.45) is 11.3 Å². The molecular weight excluding hydrogens is 276 g/mol. The molecule has 0 spiro atoms. The van der Waals surface area contributed by atoms with Gasteiger partial charge in [0.2, 0.25) is 0 Å². The molecule has 6 heteroatoms. The zero-order chi connectivity index (χ0) is 15.2. The number of urea groups is 1. The first-order chi connectivity index (χ1) is 9.45. The average molecular weight is 302 g/mol. The first kappa shape index (κ1) is 17.1. The lowest BCUT2D eigenvalue weighted by atomic mass is 9.78. The first-order valence-electron chi connectivity index (χ1n) is 7.20. The van der Waals surface area contributed by atoms with E-state index in [1.54, 1.807) is 16.7 Å². The molecule has 2 atom stereocenters. The summed E-state index contributed by atoms with van der Waals surface area (Å²) in [4.78, 5) is 25.3. The molecule has 0 saturated carbocycles. The van der Waals surface area contributed by atoms with E-state index in [9.17, 15) is 14.7 Å². The van der Waals surface area contributed by atoms with E-state index in [-0.39, 0.29) is 6.03 Å². The van der Waals surface area contributed by atoms with Crippen LogP contribution in [0.15, 0.2) is 0 Å². The van der Waals surface area contributed by atoms with Crippen LogP contribution in [-0.4, -0.2) is 53.6 Å². The second kappa shape index (κ2) is 7.76. The summed E-state index contributed by atoms with van der Waals surface area (Å²) < 4.78 is 0. The summed E-state index contributed by atoms with van der Waals surface area (Å²) in [5.41, 5.74) is -0.763. The van der Waals surface area contributed by atoms with Crippen LogP contribution >= 0.6 is 11.8 Å². The molecule has 2 amide bonds. The number of hydrogen-bond acceptors (Lipinski definition) is 3. The van der Waals surface area contributed by atoms with Crippen molar-refractivity contribution < 1.29 is 14.7 Å². The highest BCUT2D eigenvalue weighted by Crippen LogP contribution is 2.33. The van der Waals surface area contributed by atoms with Gasteiger partial charge in [-0.25, -0.2) is 4.79 Å². The van der Waals surface area contributed by atoms with E-state index >= 15 is 0 Å². The SMILES string of the molecule is CCC1(C(=O)O)CCCN(C(=O)NCC(C)CSC)C1. The van der Waals surface area contributed by atoms with E-state index in [0.29, 0.717) is 38.4 Å². The van der Waals surface area contributed by atoms with Crippen molar-refractivity contribution in [1.82, 2.24) is 10.2 Å². The number of amides is 2. The third-order valence-corrected chi connectivity index (χ3v) is 4.95. The van der Waals surface area contributed by atoms with Gasteiger partial charge >= 0.3 is 12.0 Å². The number of hydrogen-bond donors (Lipinski definition) is 2. The molecule has 1 aliphatic rings. The standard InChI is InChI=1S/C14H26N2O3S/c1-4-14(12(17)18)6-5-7-16(10-14)13(19)15-8-11(2)9-20-3/h11H,4-10H2,1-3H3,(H,15,19)(H,17,18). The minimum absolute atomic E-state index is 0.128. The number of nitrogens with zero attached hydrogens (tertiary/aromatic N) is 1. The molecular formula is C14H26N2O3S. The van der Waals surface area contributed by atoms with Crippen LogP contribution in [0.2, 0.25) is 0 Å². The molecule has 0 radical (unpaired) electrons. The van der Waals surface area contributed by atoms with E-state index in [1.807, 2.05) is 13.2 Å². The largest absolute Gasteiger partial charge is 0.481 e. The molecule has 1 fully saturated rings. The van der Waals surface area contributed by atoms with Crippen LogP contribution in [0.1, 0.15) is 33.1 Å². The summed E-state index contributed by atoms with van der Waals surface area (Å²) in [5.74, 6) is 0.649. The lowest BCUT2D eigenvalue weighted by molar-refractivity contribution is -0.152. The van der Waals surface area contributed by atoms with Crippen molar-refractivity contribution in [3.63, 3.8) is 0 Å². The summed E-state index contributed by atoms with van der Waals surface area (Å²) in [6.45, 7) is 5.60. The third-order valence-electron chi connectivity index (χ3n) is 4.05. The van der Waals surface area contributed by atoms with Gasteiger partial charge in [-0.05, 0) is 37.2 Å². The van der Waals surface area contributed by atoms with E-state index in [0.717, 1.165) is 12.2 Å². The Morgan fingerprint density at radius 3 is 2.75 bits per heavy atom. The minimum Gasteiger partial charge on any atom is -0.481 e. The molecule has 1 heterocycles. The molecule has 0 aliphatic carbocycles. The maximum atomic E-state index is 12.1. The Bertz CT molecular complexity index is 351. The second-order valence-corrected chi connectivity index (χ2v) is 6.62. The van der Waals surface area contributed by atoms with E-state index in [1.165, 1.54) is 0 Å². The first-order valence-corrected chi connectivity index (χ1v) is 8.59. The van der Waals surface area contributed by atoms with Crippen LogP contribution in [0.3, 0.4) is 0 Å². The molecule has 0 bridgehead atoms. The van der Waals surface area contributed by atoms with Gasteiger partial charge in [-0.15, -0.1) is 0 Å². The number of rotatable bonds is 6. The molecule has 0 aromatic rings. The van der Waals surface area contributed by atoms with Gasteiger partial charge in [0.25, 0.3) is 0 Å². The fourth-order valence-electron chi connectivity index (χ4n) is 2.64. The molecule has 2 N–H and O–H groups in total. The zero-order valence-electron chi connectivity index (χ0n) is 12.6. The number of carbonyl (C=O) groups excluding carboxylic acids is 1. The van der Waals surface area contributed by atoms with E-state index in [4.69, 9.17) is 0 Å². The maximum Gasteiger partial charge on any atom is 0.317 e. The maximum absolute atomic E-state index is 12.1. The van der Waals surface area contributed by atoms with Gasteiger partial charge in [-0.2, -0.15) is 11.8 Å². The Balaban J connectivity index is 2.54. The minimum atomic E-state index is -0.784. The highest BCUT2D eigenvalue weighted by molar-refractivity contribution is 7.98. The normalized spacial score (nSPS) is 24.2. The Labute approximate surface area is 125 Å². The van der Waals surface area contributed by atoms with Crippen molar-refractivity contribution in [2.45, 2.75) is 33.1 Å². The summed E-state index contributed by atoms with van der Waals surface area (Å²) in [7, 11) is 0. The van der Waals surface area contributed by atoms with Crippen LogP contribution in [-0.2, 0) is 4.79 Å². The second-order valence-electron chi connectivity index (χ2n) is 5.71. The van der Waals surface area contributed by atoms with Gasteiger partial charge in [0.05, 0.1) is 5.41 Å². The molecule has 20 heavy (non-hydrogen) atoms. The fourth-order valence-corrected chi connectivity index (χ4v) is 3.32. The Morgan fingerprint density at radius 2 is 2.20 bits per heavy atom. The summed E-state index contributed by atoms with van der Waals surface area (Å²) in [6.07, 6.45) is 4.03. The number of likely N-dealkylation sites (tertiary alicyclic amines) is 1. The third kappa shape index (κ3) is 4.30. The predicted octanol–water partition coefficient (Wildman–Crippen LogP) is 2.27. The quantitative estimate of drug-likeness (QED) is 0.789. The molecule has 5 nitrogen and oxygen atoms in total. The van der Waals surface area contributed by atoms with Crippen molar-refractivity contribution in [1.29, 1.82) is 0 Å². The lowest BCUT2D eigenvalue weighted by Gasteiger charge is -2.39. The van der Waals surface area contributed by atoms with Crippen LogP contribution in [0.25, 0.3) is 0 Å². The molecule has 2 unspecified atom stereocenters. The van der Waals surface area contributed by atoms with Gasteiger partial charge in [-0.3, -0.25) is 4.79 Å². The number of aliphatic carboxylic acids is 1. The van der Waals surface area contributed by atoms with E-state index in [2.05, 4.69) is 12.2 Å². The molecule has 0 aromatic carbocycles. The molecule has 1 saturated heterocycles. The van der Waals surface area contributed by atoms with Crippen molar-refractivity contribution >= 4 is 23.8 Å². The molecule has 0 aromatic heterocycles. The molecule has 1 aliphatic heterocycles. The van der Waals surface area contributed by atoms with Gasteiger partial charge in [0, 0.05) is 19.6 Å². The number of nitrogens with one attached hydrogen (secondary N) is 1. The monoisotopic (exact) mass is 302 g/mol. The van der Waals surface area contributed by atoms with Gasteiger partial charge in [-0.1, -0.05) is 13.8 Å². The number of carbonyl (C=O) groups is 2. The van der Waals surface area contributed by atoms with Crippen LogP contribution in [0.5, 0.6) is 0 Å². The average Bonchev–Trinajstić information content (AvgIpc) is 2.44. The van der Waals surface area contributed by atoms with Crippen LogP contribution in [0.4, 0.5) is 4.79 Å². The summed E-state index contributed by atoms with van der Waals surface area (Å²) >= 11 is 1.76. The Morgan fingerprint density at radius 1 is 1.50 bits per heavy atom. The number of thioether (sulfide) groups is 1. The lowest BCUT2D eigenvalue weighted by Crippen LogP contribution is -2.52. The van der Waals surface area contributed by atoms with Crippen molar-refractivity contribution in [3.05, 3.63) is 0 Å². The Hall–Kier alpha value is -0.910. The highest BCUT2D eigenvalue weighted by atomic mass is 32.2.